The first-order chi connectivity index (χ1) is 8.65. The van der Waals surface area contributed by atoms with E-state index in [1.165, 1.54) is 22.6 Å². The number of aryl methyl sites for hydroxylation is 1. The second kappa shape index (κ2) is 4.37. The lowest BCUT2D eigenvalue weighted by atomic mass is 9.95. The zero-order valence-electron chi connectivity index (χ0n) is 10.0. The van der Waals surface area contributed by atoms with Crippen LogP contribution < -0.4 is 10.5 Å². The number of hydrogen-bond donors (Lipinski definition) is 1. The van der Waals surface area contributed by atoms with Crippen molar-refractivity contribution in [3.63, 3.8) is 0 Å². The minimum absolute atomic E-state index is 0.0158. The van der Waals surface area contributed by atoms with Crippen LogP contribution in [0.1, 0.15) is 34.6 Å². The Morgan fingerprint density at radius 1 is 1.39 bits per heavy atom. The van der Waals surface area contributed by atoms with E-state index in [9.17, 15) is 4.39 Å². The van der Waals surface area contributed by atoms with Crippen molar-refractivity contribution in [1.29, 1.82) is 0 Å². The fraction of sp³-hybridized carbons (Fsp3) is 0.286. The Bertz CT molecular complexity index is 581. The zero-order chi connectivity index (χ0) is 12.7. The third kappa shape index (κ3) is 1.91. The molecule has 0 spiro atoms. The molecule has 2 nitrogen and oxygen atoms in total. The molecule has 94 valence electrons. The summed E-state index contributed by atoms with van der Waals surface area (Å²) in [6.07, 6.45) is 0.676. The first-order valence-corrected chi connectivity index (χ1v) is 6.79. The quantitative estimate of drug-likeness (QED) is 0.851. The Morgan fingerprint density at radius 3 is 2.94 bits per heavy atom. The lowest BCUT2D eigenvalue weighted by Crippen LogP contribution is -2.24. The number of thiophene rings is 1. The van der Waals surface area contributed by atoms with E-state index in [0.717, 1.165) is 5.56 Å². The van der Waals surface area contributed by atoms with E-state index >= 15 is 0 Å². The van der Waals surface area contributed by atoms with Crippen LogP contribution in [0.3, 0.4) is 0 Å². The van der Waals surface area contributed by atoms with Crippen LogP contribution in [-0.2, 0) is 0 Å². The summed E-state index contributed by atoms with van der Waals surface area (Å²) in [6, 6.07) is 6.46. The molecule has 1 aromatic heterocycles. The van der Waals surface area contributed by atoms with Gasteiger partial charge in [0.05, 0.1) is 0 Å². The Kier molecular flexibility index (Phi) is 2.84. The summed E-state index contributed by atoms with van der Waals surface area (Å²) in [7, 11) is 0. The Morgan fingerprint density at radius 2 is 2.22 bits per heavy atom. The summed E-state index contributed by atoms with van der Waals surface area (Å²) in [4.78, 5) is 1.21. The monoisotopic (exact) mass is 263 g/mol. The van der Waals surface area contributed by atoms with Crippen LogP contribution in [0, 0.1) is 12.7 Å². The van der Waals surface area contributed by atoms with E-state index in [2.05, 4.69) is 18.4 Å². The largest absolute Gasteiger partial charge is 0.484 e. The Labute approximate surface area is 109 Å². The topological polar surface area (TPSA) is 35.2 Å². The average molecular weight is 263 g/mol. The van der Waals surface area contributed by atoms with E-state index in [1.807, 2.05) is 0 Å². The van der Waals surface area contributed by atoms with Gasteiger partial charge >= 0.3 is 0 Å². The Hall–Kier alpha value is -1.39. The molecule has 3 rings (SSSR count). The number of rotatable bonds is 1. The molecule has 1 aliphatic rings. The summed E-state index contributed by atoms with van der Waals surface area (Å²) in [6.45, 7) is 2.07. The van der Waals surface area contributed by atoms with Crippen LogP contribution in [0.25, 0.3) is 0 Å². The highest BCUT2D eigenvalue weighted by molar-refractivity contribution is 7.10. The van der Waals surface area contributed by atoms with Crippen molar-refractivity contribution in [3.05, 3.63) is 51.5 Å². The van der Waals surface area contributed by atoms with Crippen molar-refractivity contribution in [2.75, 3.05) is 0 Å². The van der Waals surface area contributed by atoms with Crippen LogP contribution in [-0.4, -0.2) is 0 Å². The van der Waals surface area contributed by atoms with Gasteiger partial charge in [-0.3, -0.25) is 0 Å². The molecule has 18 heavy (non-hydrogen) atoms. The zero-order valence-corrected chi connectivity index (χ0v) is 10.8. The number of ether oxygens (including phenoxy) is 1. The van der Waals surface area contributed by atoms with Crippen LogP contribution in [0.15, 0.2) is 29.6 Å². The molecule has 0 aliphatic carbocycles. The second-order valence-corrected chi connectivity index (χ2v) is 5.55. The fourth-order valence-electron chi connectivity index (χ4n) is 2.35. The van der Waals surface area contributed by atoms with Gasteiger partial charge in [0.25, 0.3) is 0 Å². The van der Waals surface area contributed by atoms with Crippen LogP contribution in [0.4, 0.5) is 4.39 Å². The van der Waals surface area contributed by atoms with Crippen molar-refractivity contribution in [2.24, 2.45) is 5.73 Å². The summed E-state index contributed by atoms with van der Waals surface area (Å²) in [5, 5.41) is 2.06. The van der Waals surface area contributed by atoms with E-state index < -0.39 is 0 Å². The number of benzene rings is 1. The molecule has 0 radical (unpaired) electrons. The highest BCUT2D eigenvalue weighted by Crippen LogP contribution is 2.41. The van der Waals surface area contributed by atoms with Gasteiger partial charge in [-0.25, -0.2) is 4.39 Å². The molecule has 1 aliphatic heterocycles. The van der Waals surface area contributed by atoms with E-state index in [0.29, 0.717) is 12.2 Å². The van der Waals surface area contributed by atoms with Crippen molar-refractivity contribution in [1.82, 2.24) is 0 Å². The van der Waals surface area contributed by atoms with Crippen molar-refractivity contribution < 1.29 is 9.13 Å². The molecule has 0 bridgehead atoms. The van der Waals surface area contributed by atoms with Crippen molar-refractivity contribution in [2.45, 2.75) is 25.5 Å². The molecule has 0 fully saturated rings. The molecule has 2 atom stereocenters. The van der Waals surface area contributed by atoms with Gasteiger partial charge in [-0.05, 0) is 42.1 Å². The Balaban J connectivity index is 1.97. The van der Waals surface area contributed by atoms with Gasteiger partial charge in [0.2, 0.25) is 0 Å². The smallest absolute Gasteiger partial charge is 0.135 e. The molecular formula is C14H14FNOS. The van der Waals surface area contributed by atoms with Gasteiger partial charge in [0, 0.05) is 22.9 Å². The third-order valence-electron chi connectivity index (χ3n) is 3.30. The molecule has 0 amide bonds. The molecule has 2 heterocycles. The number of hydrogen-bond acceptors (Lipinski definition) is 3. The van der Waals surface area contributed by atoms with Crippen molar-refractivity contribution in [3.8, 4) is 5.75 Å². The molecule has 2 N–H and O–H groups in total. The maximum absolute atomic E-state index is 13.2. The minimum atomic E-state index is -0.265. The van der Waals surface area contributed by atoms with Gasteiger partial charge in [0.15, 0.2) is 0 Å². The van der Waals surface area contributed by atoms with Gasteiger partial charge in [-0.1, -0.05) is 0 Å². The van der Waals surface area contributed by atoms with Crippen LogP contribution in [0.5, 0.6) is 5.75 Å². The SMILES string of the molecule is Cc1ccsc1C1C[C@@H](N)c2cc(F)ccc2O1. The van der Waals surface area contributed by atoms with Gasteiger partial charge in [-0.15, -0.1) is 11.3 Å². The lowest BCUT2D eigenvalue weighted by molar-refractivity contribution is 0.164. The molecule has 0 saturated carbocycles. The molecule has 4 heteroatoms. The molecule has 1 unspecified atom stereocenters. The molecule has 2 aromatic rings. The van der Waals surface area contributed by atoms with Crippen LogP contribution in [0.2, 0.25) is 0 Å². The highest BCUT2D eigenvalue weighted by atomic mass is 32.1. The van der Waals surface area contributed by atoms with Crippen molar-refractivity contribution >= 4 is 11.3 Å². The minimum Gasteiger partial charge on any atom is -0.484 e. The standard InChI is InChI=1S/C14H14FNOS/c1-8-4-5-18-14(8)13-7-11(16)10-6-9(15)2-3-12(10)17-13/h2-6,11,13H,7,16H2,1H3/t11-,13?/m1/s1. The first kappa shape index (κ1) is 11.7. The van der Waals surface area contributed by atoms with Crippen LogP contribution >= 0.6 is 11.3 Å². The van der Waals surface area contributed by atoms with E-state index in [1.54, 1.807) is 17.4 Å². The summed E-state index contributed by atoms with van der Waals surface area (Å²) < 4.78 is 19.1. The van der Waals surface area contributed by atoms with Gasteiger partial charge in [0.1, 0.15) is 17.7 Å². The van der Waals surface area contributed by atoms with E-state index in [-0.39, 0.29) is 18.0 Å². The second-order valence-electron chi connectivity index (χ2n) is 4.60. The van der Waals surface area contributed by atoms with Gasteiger partial charge in [-0.2, -0.15) is 0 Å². The maximum Gasteiger partial charge on any atom is 0.135 e. The van der Waals surface area contributed by atoms with Gasteiger partial charge < -0.3 is 10.5 Å². The third-order valence-corrected chi connectivity index (χ3v) is 4.41. The lowest BCUT2D eigenvalue weighted by Gasteiger charge is -2.30. The molecular weight excluding hydrogens is 249 g/mol. The number of halogens is 1. The van der Waals surface area contributed by atoms with E-state index in [4.69, 9.17) is 10.5 Å². The summed E-state index contributed by atoms with van der Waals surface area (Å²) in [5.41, 5.74) is 8.11. The normalized spacial score (nSPS) is 22.4. The fourth-order valence-corrected chi connectivity index (χ4v) is 3.32. The highest BCUT2D eigenvalue weighted by Gasteiger charge is 2.28. The summed E-state index contributed by atoms with van der Waals surface area (Å²) in [5.74, 6) is 0.437. The number of fused-ring (bicyclic) bond motifs is 1. The molecule has 1 aromatic carbocycles. The predicted molar refractivity (Wildman–Crippen MR) is 70.4 cm³/mol. The summed E-state index contributed by atoms with van der Waals surface area (Å²) >= 11 is 1.68. The average Bonchev–Trinajstić information content (AvgIpc) is 2.76. The maximum atomic E-state index is 13.2. The molecule has 0 saturated heterocycles. The first-order valence-electron chi connectivity index (χ1n) is 5.91. The number of nitrogens with two attached hydrogens (primary N) is 1. The predicted octanol–water partition coefficient (Wildman–Crippen LogP) is 3.72.